The third-order valence-corrected chi connectivity index (χ3v) is 5.54. The number of rotatable bonds is 6. The van der Waals surface area contributed by atoms with Gasteiger partial charge in [-0.25, -0.2) is 4.98 Å². The first-order valence-electron chi connectivity index (χ1n) is 6.73. The number of benzene rings is 1. The minimum Gasteiger partial charge on any atom is -0.354 e. The van der Waals surface area contributed by atoms with E-state index in [0.29, 0.717) is 18.2 Å². The van der Waals surface area contributed by atoms with Crippen LogP contribution in [0.1, 0.15) is 12.8 Å². The van der Waals surface area contributed by atoms with Crippen molar-refractivity contribution in [3.05, 3.63) is 24.3 Å². The number of thiazole rings is 1. The number of para-hydroxylation sites is 1. The molecule has 1 unspecified atom stereocenters. The lowest BCUT2D eigenvalue weighted by atomic mass is 10.2. The molecule has 1 aromatic heterocycles. The molecule has 20 heavy (non-hydrogen) atoms. The van der Waals surface area contributed by atoms with Crippen LogP contribution < -0.4 is 11.1 Å². The van der Waals surface area contributed by atoms with Crippen LogP contribution in [0.25, 0.3) is 10.2 Å². The molecule has 0 saturated heterocycles. The van der Waals surface area contributed by atoms with Gasteiger partial charge in [0.15, 0.2) is 4.34 Å². The normalized spacial score (nSPS) is 16.2. The van der Waals surface area contributed by atoms with Crippen molar-refractivity contribution < 1.29 is 4.79 Å². The Kier molecular flexibility index (Phi) is 4.24. The fourth-order valence-electron chi connectivity index (χ4n) is 2.01. The maximum Gasteiger partial charge on any atom is 0.230 e. The van der Waals surface area contributed by atoms with E-state index in [1.54, 1.807) is 11.3 Å². The predicted molar refractivity (Wildman–Crippen MR) is 84.1 cm³/mol. The zero-order valence-electron chi connectivity index (χ0n) is 11.0. The van der Waals surface area contributed by atoms with Gasteiger partial charge in [0.25, 0.3) is 0 Å². The molecule has 0 aliphatic heterocycles. The van der Waals surface area contributed by atoms with Crippen LogP contribution in [-0.2, 0) is 4.79 Å². The Morgan fingerprint density at radius 1 is 1.50 bits per heavy atom. The zero-order valence-corrected chi connectivity index (χ0v) is 12.7. The number of amides is 1. The van der Waals surface area contributed by atoms with Gasteiger partial charge in [-0.15, -0.1) is 11.3 Å². The van der Waals surface area contributed by atoms with E-state index in [1.165, 1.54) is 24.6 Å². The summed E-state index contributed by atoms with van der Waals surface area (Å²) in [7, 11) is 0. The SMILES string of the molecule is NC(CNC(=O)CSc1nc2ccccc2s1)C1CC1. The highest BCUT2D eigenvalue weighted by Gasteiger charge is 2.28. The van der Waals surface area contributed by atoms with Crippen molar-refractivity contribution in [2.45, 2.75) is 23.2 Å². The molecule has 3 N–H and O–H groups in total. The van der Waals surface area contributed by atoms with Gasteiger partial charge in [-0.1, -0.05) is 23.9 Å². The van der Waals surface area contributed by atoms with Crippen molar-refractivity contribution in [3.63, 3.8) is 0 Å². The van der Waals surface area contributed by atoms with Gasteiger partial charge in [-0.3, -0.25) is 4.79 Å². The third kappa shape index (κ3) is 3.50. The third-order valence-electron chi connectivity index (χ3n) is 3.36. The smallest absolute Gasteiger partial charge is 0.230 e. The monoisotopic (exact) mass is 307 g/mol. The fraction of sp³-hybridized carbons (Fsp3) is 0.429. The Morgan fingerprint density at radius 2 is 2.30 bits per heavy atom. The number of hydrogen-bond acceptors (Lipinski definition) is 5. The standard InChI is InChI=1S/C14H17N3OS2/c15-10(9-5-6-9)7-16-13(18)8-19-14-17-11-3-1-2-4-12(11)20-14/h1-4,9-10H,5-8,15H2,(H,16,18). The Hall–Kier alpha value is -1.11. The van der Waals surface area contributed by atoms with E-state index in [0.717, 1.165) is 14.6 Å². The summed E-state index contributed by atoms with van der Waals surface area (Å²) < 4.78 is 2.10. The molecular formula is C14H17N3OS2. The lowest BCUT2D eigenvalue weighted by molar-refractivity contribution is -0.118. The van der Waals surface area contributed by atoms with E-state index in [2.05, 4.69) is 10.3 Å². The van der Waals surface area contributed by atoms with Gasteiger partial charge in [0.1, 0.15) is 0 Å². The predicted octanol–water partition coefficient (Wildman–Crippen LogP) is 2.24. The lowest BCUT2D eigenvalue weighted by Gasteiger charge is -2.10. The van der Waals surface area contributed by atoms with Gasteiger partial charge in [0.05, 0.1) is 16.0 Å². The molecule has 1 aliphatic rings. The summed E-state index contributed by atoms with van der Waals surface area (Å²) in [4.78, 5) is 16.3. The van der Waals surface area contributed by atoms with Gasteiger partial charge in [-0.2, -0.15) is 0 Å². The average Bonchev–Trinajstić information content (AvgIpc) is 3.22. The number of nitrogens with two attached hydrogens (primary N) is 1. The molecule has 6 heteroatoms. The summed E-state index contributed by atoms with van der Waals surface area (Å²) in [5.74, 6) is 1.05. The van der Waals surface area contributed by atoms with E-state index in [1.807, 2.05) is 24.3 Å². The number of aromatic nitrogens is 1. The Morgan fingerprint density at radius 3 is 3.05 bits per heavy atom. The summed E-state index contributed by atoms with van der Waals surface area (Å²) in [5.41, 5.74) is 6.95. The van der Waals surface area contributed by atoms with Crippen LogP contribution in [-0.4, -0.2) is 29.2 Å². The Bertz CT molecular complexity index is 576. The molecule has 1 aromatic carbocycles. The van der Waals surface area contributed by atoms with Crippen molar-refractivity contribution in [2.75, 3.05) is 12.3 Å². The summed E-state index contributed by atoms with van der Waals surface area (Å²) in [6.45, 7) is 0.587. The van der Waals surface area contributed by atoms with Crippen LogP contribution in [0.5, 0.6) is 0 Å². The van der Waals surface area contributed by atoms with Crippen LogP contribution in [0.15, 0.2) is 28.6 Å². The van der Waals surface area contributed by atoms with Crippen molar-refractivity contribution in [3.8, 4) is 0 Å². The van der Waals surface area contributed by atoms with Crippen molar-refractivity contribution in [1.82, 2.24) is 10.3 Å². The molecule has 1 amide bonds. The number of carbonyl (C=O) groups excluding carboxylic acids is 1. The molecule has 1 fully saturated rings. The summed E-state index contributed by atoms with van der Waals surface area (Å²) in [5, 5.41) is 2.90. The van der Waals surface area contributed by atoms with Crippen LogP contribution >= 0.6 is 23.1 Å². The topological polar surface area (TPSA) is 68.0 Å². The molecule has 1 saturated carbocycles. The first-order chi connectivity index (χ1) is 9.72. The summed E-state index contributed by atoms with van der Waals surface area (Å²) in [6, 6.07) is 8.13. The zero-order chi connectivity index (χ0) is 13.9. The maximum atomic E-state index is 11.8. The first kappa shape index (κ1) is 13.9. The molecule has 0 spiro atoms. The number of fused-ring (bicyclic) bond motifs is 1. The van der Waals surface area contributed by atoms with Crippen LogP contribution in [0, 0.1) is 5.92 Å². The second-order valence-electron chi connectivity index (χ2n) is 5.04. The molecule has 1 heterocycles. The minimum atomic E-state index is 0.0327. The average molecular weight is 307 g/mol. The van der Waals surface area contributed by atoms with Crippen molar-refractivity contribution >= 4 is 39.2 Å². The Balaban J connectivity index is 1.47. The minimum absolute atomic E-state index is 0.0327. The number of nitrogens with one attached hydrogen (secondary N) is 1. The summed E-state index contributed by atoms with van der Waals surface area (Å²) in [6.07, 6.45) is 2.41. The maximum absolute atomic E-state index is 11.8. The van der Waals surface area contributed by atoms with Gasteiger partial charge < -0.3 is 11.1 Å². The molecule has 3 rings (SSSR count). The van der Waals surface area contributed by atoms with E-state index in [4.69, 9.17) is 5.73 Å². The highest BCUT2D eigenvalue weighted by molar-refractivity contribution is 8.01. The summed E-state index contributed by atoms with van der Waals surface area (Å²) >= 11 is 3.11. The molecule has 0 radical (unpaired) electrons. The van der Waals surface area contributed by atoms with Gasteiger partial charge in [-0.05, 0) is 30.9 Å². The fourth-order valence-corrected chi connectivity index (χ4v) is 3.91. The van der Waals surface area contributed by atoms with Gasteiger partial charge in [0.2, 0.25) is 5.91 Å². The van der Waals surface area contributed by atoms with E-state index in [9.17, 15) is 4.79 Å². The molecule has 1 aliphatic carbocycles. The van der Waals surface area contributed by atoms with E-state index < -0.39 is 0 Å². The second-order valence-corrected chi connectivity index (χ2v) is 7.29. The highest BCUT2D eigenvalue weighted by atomic mass is 32.2. The number of thioether (sulfide) groups is 1. The molecule has 2 aromatic rings. The van der Waals surface area contributed by atoms with E-state index >= 15 is 0 Å². The lowest BCUT2D eigenvalue weighted by Crippen LogP contribution is -2.39. The molecule has 106 valence electrons. The number of carbonyl (C=O) groups is 1. The van der Waals surface area contributed by atoms with Crippen LogP contribution in [0.4, 0.5) is 0 Å². The number of nitrogens with zero attached hydrogens (tertiary/aromatic N) is 1. The van der Waals surface area contributed by atoms with Crippen molar-refractivity contribution in [1.29, 1.82) is 0 Å². The van der Waals surface area contributed by atoms with Gasteiger partial charge >= 0.3 is 0 Å². The molecule has 1 atom stereocenters. The van der Waals surface area contributed by atoms with Gasteiger partial charge in [0, 0.05) is 12.6 Å². The molecular weight excluding hydrogens is 290 g/mol. The molecule has 4 nitrogen and oxygen atoms in total. The number of hydrogen-bond donors (Lipinski definition) is 2. The second kappa shape index (κ2) is 6.11. The first-order valence-corrected chi connectivity index (χ1v) is 8.53. The van der Waals surface area contributed by atoms with E-state index in [-0.39, 0.29) is 11.9 Å². The van der Waals surface area contributed by atoms with Crippen LogP contribution in [0.2, 0.25) is 0 Å². The Labute approximate surface area is 126 Å². The largest absolute Gasteiger partial charge is 0.354 e. The van der Waals surface area contributed by atoms with Crippen LogP contribution in [0.3, 0.4) is 0 Å². The van der Waals surface area contributed by atoms with Crippen molar-refractivity contribution in [2.24, 2.45) is 11.7 Å². The molecule has 0 bridgehead atoms. The highest BCUT2D eigenvalue weighted by Crippen LogP contribution is 2.31. The quantitative estimate of drug-likeness (QED) is 0.803.